The highest BCUT2D eigenvalue weighted by Gasteiger charge is 2.07. The van der Waals surface area contributed by atoms with E-state index in [4.69, 9.17) is 9.88 Å². The van der Waals surface area contributed by atoms with Crippen LogP contribution in [0.4, 0.5) is 5.69 Å². The molecule has 0 saturated heterocycles. The number of primary sulfonamides is 1. The van der Waals surface area contributed by atoms with Gasteiger partial charge in [-0.2, -0.15) is 0 Å². The number of carbonyl (C=O) groups is 1. The molecule has 0 radical (unpaired) electrons. The molecule has 4 N–H and O–H groups in total. The number of ether oxygens (including phenoxy) is 1. The number of aryl methyl sites for hydroxylation is 1. The van der Waals surface area contributed by atoms with Gasteiger partial charge in [0.25, 0.3) is 5.91 Å². The standard InChI is InChI=1S/C24H27N3O4S/c1-18-5-9-21(10-6-18)27-24(28)17-31-22-4-2-3-20(15-22)16-26-14-13-19-7-11-23(12-8-19)32(25,29)30/h2-12,15,26H,13-14,16-17H2,1H3,(H,27,28)(H2,25,29,30). The van der Waals surface area contributed by atoms with Crippen molar-refractivity contribution in [3.63, 3.8) is 0 Å². The Morgan fingerprint density at radius 1 is 0.969 bits per heavy atom. The van der Waals surface area contributed by atoms with Crippen LogP contribution in [0, 0.1) is 6.92 Å². The van der Waals surface area contributed by atoms with Gasteiger partial charge in [0.2, 0.25) is 10.0 Å². The van der Waals surface area contributed by atoms with Crippen molar-refractivity contribution >= 4 is 21.6 Å². The Labute approximate surface area is 188 Å². The summed E-state index contributed by atoms with van der Waals surface area (Å²) in [4.78, 5) is 12.2. The molecule has 0 aromatic heterocycles. The highest BCUT2D eigenvalue weighted by molar-refractivity contribution is 7.89. The number of anilines is 1. The van der Waals surface area contributed by atoms with Crippen LogP contribution in [-0.2, 0) is 27.8 Å². The van der Waals surface area contributed by atoms with E-state index >= 15 is 0 Å². The van der Waals surface area contributed by atoms with E-state index in [9.17, 15) is 13.2 Å². The summed E-state index contributed by atoms with van der Waals surface area (Å²) in [7, 11) is -3.67. The first kappa shape index (κ1) is 23.5. The molecule has 3 aromatic rings. The number of nitrogens with one attached hydrogen (secondary N) is 2. The fourth-order valence-corrected chi connectivity index (χ4v) is 3.55. The minimum Gasteiger partial charge on any atom is -0.484 e. The Bertz CT molecular complexity index is 1140. The molecule has 0 fully saturated rings. The maximum absolute atomic E-state index is 12.1. The average molecular weight is 454 g/mol. The van der Waals surface area contributed by atoms with Gasteiger partial charge < -0.3 is 15.4 Å². The first-order valence-corrected chi connectivity index (χ1v) is 11.7. The minimum atomic E-state index is -3.67. The van der Waals surface area contributed by atoms with Crippen molar-refractivity contribution in [2.45, 2.75) is 24.8 Å². The quantitative estimate of drug-likeness (QED) is 0.409. The number of hydrogen-bond donors (Lipinski definition) is 3. The monoisotopic (exact) mass is 453 g/mol. The average Bonchev–Trinajstić information content (AvgIpc) is 2.77. The van der Waals surface area contributed by atoms with Crippen LogP contribution < -0.4 is 20.5 Å². The van der Waals surface area contributed by atoms with Crippen LogP contribution in [0.25, 0.3) is 0 Å². The SMILES string of the molecule is Cc1ccc(NC(=O)COc2cccc(CNCCc3ccc(S(N)(=O)=O)cc3)c2)cc1. The Hall–Kier alpha value is -3.20. The Morgan fingerprint density at radius 2 is 1.69 bits per heavy atom. The number of benzene rings is 3. The van der Waals surface area contributed by atoms with E-state index in [-0.39, 0.29) is 17.4 Å². The second kappa shape index (κ2) is 10.9. The van der Waals surface area contributed by atoms with Gasteiger partial charge in [0.15, 0.2) is 6.61 Å². The summed E-state index contributed by atoms with van der Waals surface area (Å²) >= 11 is 0. The van der Waals surface area contributed by atoms with Gasteiger partial charge in [-0.3, -0.25) is 4.79 Å². The summed E-state index contributed by atoms with van der Waals surface area (Å²) in [6.45, 7) is 3.28. The lowest BCUT2D eigenvalue weighted by Gasteiger charge is -2.10. The predicted octanol–water partition coefficient (Wildman–Crippen LogP) is 2.99. The number of sulfonamides is 1. The van der Waals surface area contributed by atoms with E-state index in [1.165, 1.54) is 12.1 Å². The van der Waals surface area contributed by atoms with Gasteiger partial charge in [0.1, 0.15) is 5.75 Å². The van der Waals surface area contributed by atoms with Crippen LogP contribution in [0.5, 0.6) is 5.75 Å². The van der Waals surface area contributed by atoms with Gasteiger partial charge in [-0.15, -0.1) is 0 Å². The third-order valence-electron chi connectivity index (χ3n) is 4.78. The number of amides is 1. The molecule has 7 nitrogen and oxygen atoms in total. The van der Waals surface area contributed by atoms with Gasteiger partial charge in [0.05, 0.1) is 4.90 Å². The molecular weight excluding hydrogens is 426 g/mol. The molecule has 8 heteroatoms. The second-order valence-electron chi connectivity index (χ2n) is 7.47. The minimum absolute atomic E-state index is 0.0702. The summed E-state index contributed by atoms with van der Waals surface area (Å²) in [6.07, 6.45) is 0.750. The molecule has 168 valence electrons. The Balaban J connectivity index is 1.41. The largest absolute Gasteiger partial charge is 0.484 e. The number of hydrogen-bond acceptors (Lipinski definition) is 5. The zero-order valence-electron chi connectivity index (χ0n) is 17.9. The normalized spacial score (nSPS) is 11.2. The van der Waals surface area contributed by atoms with Crippen LogP contribution >= 0.6 is 0 Å². The second-order valence-corrected chi connectivity index (χ2v) is 9.03. The van der Waals surface area contributed by atoms with Crippen molar-refractivity contribution in [2.24, 2.45) is 5.14 Å². The molecule has 0 saturated carbocycles. The molecule has 0 aliphatic carbocycles. The molecule has 3 rings (SSSR count). The van der Waals surface area contributed by atoms with Crippen LogP contribution in [-0.4, -0.2) is 27.5 Å². The summed E-state index contributed by atoms with van der Waals surface area (Å²) in [5, 5.41) is 11.3. The van der Waals surface area contributed by atoms with Crippen LogP contribution in [0.1, 0.15) is 16.7 Å². The van der Waals surface area contributed by atoms with Crippen LogP contribution in [0.2, 0.25) is 0 Å². The van der Waals surface area contributed by atoms with Crippen molar-refractivity contribution in [1.29, 1.82) is 0 Å². The molecule has 0 unspecified atom stereocenters. The zero-order chi connectivity index (χ0) is 23.0. The first-order chi connectivity index (χ1) is 15.3. The third kappa shape index (κ3) is 7.49. The Kier molecular flexibility index (Phi) is 7.99. The van der Waals surface area contributed by atoms with Crippen molar-refractivity contribution in [1.82, 2.24) is 5.32 Å². The summed E-state index contributed by atoms with van der Waals surface area (Å²) in [5.41, 5.74) is 3.92. The van der Waals surface area contributed by atoms with Gasteiger partial charge >= 0.3 is 0 Å². The van der Waals surface area contributed by atoms with E-state index in [1.54, 1.807) is 12.1 Å². The predicted molar refractivity (Wildman–Crippen MR) is 125 cm³/mol. The third-order valence-corrected chi connectivity index (χ3v) is 5.70. The first-order valence-electron chi connectivity index (χ1n) is 10.2. The Morgan fingerprint density at radius 3 is 2.38 bits per heavy atom. The topological polar surface area (TPSA) is 111 Å². The summed E-state index contributed by atoms with van der Waals surface area (Å²) in [6, 6.07) is 21.7. The van der Waals surface area contributed by atoms with Crippen LogP contribution in [0.3, 0.4) is 0 Å². The molecule has 0 aliphatic rings. The summed E-state index contributed by atoms with van der Waals surface area (Å²) in [5.74, 6) is 0.410. The molecule has 1 amide bonds. The van der Waals surface area contributed by atoms with Crippen molar-refractivity contribution in [3.05, 3.63) is 89.5 Å². The molecular formula is C24H27N3O4S. The van der Waals surface area contributed by atoms with Crippen molar-refractivity contribution in [3.8, 4) is 5.75 Å². The van der Waals surface area contributed by atoms with E-state index in [0.29, 0.717) is 12.3 Å². The van der Waals surface area contributed by atoms with Gasteiger partial charge in [-0.1, -0.05) is 42.0 Å². The fraction of sp³-hybridized carbons (Fsp3) is 0.208. The molecule has 0 aliphatic heterocycles. The maximum Gasteiger partial charge on any atom is 0.262 e. The van der Waals surface area contributed by atoms with Gasteiger partial charge in [-0.25, -0.2) is 13.6 Å². The molecule has 3 aromatic carbocycles. The molecule has 32 heavy (non-hydrogen) atoms. The lowest BCUT2D eigenvalue weighted by molar-refractivity contribution is -0.118. The molecule has 0 bridgehead atoms. The molecule has 0 spiro atoms. The lowest BCUT2D eigenvalue weighted by atomic mass is 10.1. The zero-order valence-corrected chi connectivity index (χ0v) is 18.7. The number of nitrogens with two attached hydrogens (primary N) is 1. The van der Waals surface area contributed by atoms with Gasteiger partial charge in [0, 0.05) is 12.2 Å². The highest BCUT2D eigenvalue weighted by atomic mass is 32.2. The lowest BCUT2D eigenvalue weighted by Crippen LogP contribution is -2.20. The van der Waals surface area contributed by atoms with Crippen molar-refractivity contribution < 1.29 is 17.9 Å². The number of carbonyl (C=O) groups excluding carboxylic acids is 1. The van der Waals surface area contributed by atoms with Crippen molar-refractivity contribution in [2.75, 3.05) is 18.5 Å². The molecule has 0 atom stereocenters. The fourth-order valence-electron chi connectivity index (χ4n) is 3.04. The maximum atomic E-state index is 12.1. The van der Waals surface area contributed by atoms with Gasteiger partial charge in [-0.05, 0) is 67.4 Å². The molecule has 0 heterocycles. The number of rotatable bonds is 10. The highest BCUT2D eigenvalue weighted by Crippen LogP contribution is 2.14. The smallest absolute Gasteiger partial charge is 0.262 e. The van der Waals surface area contributed by atoms with Crippen LogP contribution in [0.15, 0.2) is 77.7 Å². The van der Waals surface area contributed by atoms with E-state index < -0.39 is 10.0 Å². The van der Waals surface area contributed by atoms with E-state index in [2.05, 4.69) is 10.6 Å². The summed E-state index contributed by atoms with van der Waals surface area (Å²) < 4.78 is 28.2. The van der Waals surface area contributed by atoms with E-state index in [1.807, 2.05) is 55.5 Å². The van der Waals surface area contributed by atoms with E-state index in [0.717, 1.165) is 35.3 Å².